The van der Waals surface area contributed by atoms with E-state index >= 15 is 0 Å². The lowest BCUT2D eigenvalue weighted by Crippen LogP contribution is -2.19. The van der Waals surface area contributed by atoms with Crippen LogP contribution < -0.4 is 4.83 Å². The minimum absolute atomic E-state index is 0.0915. The zero-order valence-electron chi connectivity index (χ0n) is 11.2. The minimum Gasteiger partial charge on any atom is -0.281 e. The molecule has 2 rings (SSSR count). The molecule has 21 heavy (non-hydrogen) atoms. The molecule has 0 aliphatic rings. The first-order valence-electron chi connectivity index (χ1n) is 5.83. The van der Waals surface area contributed by atoms with Gasteiger partial charge in [-0.1, -0.05) is 29.3 Å². The molecule has 2 N–H and O–H groups in total. The summed E-state index contributed by atoms with van der Waals surface area (Å²) in [6, 6.07) is 4.85. The number of nitrogens with one attached hydrogen (secondary N) is 2. The second-order valence-corrected chi connectivity index (χ2v) is 6.70. The van der Waals surface area contributed by atoms with Crippen LogP contribution in [0.25, 0.3) is 0 Å². The molecule has 0 fully saturated rings. The fourth-order valence-corrected chi connectivity index (χ4v) is 3.22. The van der Waals surface area contributed by atoms with E-state index in [-0.39, 0.29) is 4.90 Å². The predicted molar refractivity (Wildman–Crippen MR) is 82.4 cm³/mol. The Morgan fingerprint density at radius 1 is 1.29 bits per heavy atom. The molecule has 112 valence electrons. The van der Waals surface area contributed by atoms with Gasteiger partial charge in [0.2, 0.25) is 0 Å². The summed E-state index contributed by atoms with van der Waals surface area (Å²) in [6.07, 6.45) is 1.34. The maximum absolute atomic E-state index is 12.1. The summed E-state index contributed by atoms with van der Waals surface area (Å²) in [5, 5.41) is 11.0. The third kappa shape index (κ3) is 3.55. The number of hydrogen-bond acceptors (Lipinski definition) is 4. The maximum atomic E-state index is 12.1. The van der Waals surface area contributed by atoms with E-state index in [4.69, 9.17) is 23.2 Å². The lowest BCUT2D eigenvalue weighted by molar-refractivity contribution is 0.583. The summed E-state index contributed by atoms with van der Waals surface area (Å²) < 4.78 is 24.2. The highest BCUT2D eigenvalue weighted by molar-refractivity contribution is 7.89. The monoisotopic (exact) mass is 346 g/mol. The van der Waals surface area contributed by atoms with Crippen molar-refractivity contribution in [1.82, 2.24) is 15.0 Å². The first kappa shape index (κ1) is 15.8. The molecule has 1 aromatic heterocycles. The average molecular weight is 347 g/mol. The van der Waals surface area contributed by atoms with Crippen molar-refractivity contribution in [2.45, 2.75) is 18.7 Å². The second-order valence-electron chi connectivity index (χ2n) is 4.29. The number of hydrazone groups is 1. The summed E-state index contributed by atoms with van der Waals surface area (Å²) in [7, 11) is -3.77. The molecule has 0 bridgehead atoms. The molecule has 6 nitrogen and oxygen atoms in total. The van der Waals surface area contributed by atoms with E-state index in [1.807, 2.05) is 0 Å². The Balaban J connectivity index is 2.19. The van der Waals surface area contributed by atoms with Gasteiger partial charge in [-0.3, -0.25) is 5.10 Å². The van der Waals surface area contributed by atoms with Crippen molar-refractivity contribution in [1.29, 1.82) is 0 Å². The van der Waals surface area contributed by atoms with Gasteiger partial charge < -0.3 is 0 Å². The molecular weight excluding hydrogens is 335 g/mol. The molecule has 0 amide bonds. The van der Waals surface area contributed by atoms with Crippen molar-refractivity contribution in [3.63, 3.8) is 0 Å². The Labute approximate surface area is 132 Å². The topological polar surface area (TPSA) is 87.2 Å². The van der Waals surface area contributed by atoms with Gasteiger partial charge in [0.25, 0.3) is 10.0 Å². The van der Waals surface area contributed by atoms with Gasteiger partial charge in [-0.2, -0.15) is 23.4 Å². The van der Waals surface area contributed by atoms with Crippen LogP contribution in [0, 0.1) is 13.8 Å². The van der Waals surface area contributed by atoms with Gasteiger partial charge in [-0.05, 0) is 31.5 Å². The molecule has 0 spiro atoms. The molecular formula is C12H12Cl2N4O2S. The van der Waals surface area contributed by atoms with Gasteiger partial charge >= 0.3 is 0 Å². The Hall–Kier alpha value is -1.57. The number of H-pyrrole nitrogens is 1. The van der Waals surface area contributed by atoms with Gasteiger partial charge in [0.1, 0.15) is 4.90 Å². The number of aromatic amines is 1. The number of rotatable bonds is 4. The Morgan fingerprint density at radius 3 is 2.57 bits per heavy atom. The van der Waals surface area contributed by atoms with Crippen molar-refractivity contribution in [3.05, 3.63) is 45.2 Å². The zero-order chi connectivity index (χ0) is 15.6. The fourth-order valence-electron chi connectivity index (χ4n) is 1.75. The summed E-state index contributed by atoms with van der Waals surface area (Å²) in [5.41, 5.74) is 1.45. The van der Waals surface area contributed by atoms with Crippen LogP contribution in [0.5, 0.6) is 0 Å². The van der Waals surface area contributed by atoms with E-state index in [9.17, 15) is 8.42 Å². The first-order valence-corrected chi connectivity index (χ1v) is 8.06. The number of hydrogen-bond donors (Lipinski definition) is 2. The van der Waals surface area contributed by atoms with Crippen LogP contribution in [0.4, 0.5) is 0 Å². The number of aromatic nitrogens is 2. The Morgan fingerprint density at radius 2 is 2.00 bits per heavy atom. The van der Waals surface area contributed by atoms with Crippen molar-refractivity contribution < 1.29 is 8.42 Å². The molecule has 0 saturated carbocycles. The summed E-state index contributed by atoms with van der Waals surface area (Å²) >= 11 is 11.7. The Bertz CT molecular complexity index is 780. The van der Waals surface area contributed by atoms with Crippen LogP contribution in [-0.4, -0.2) is 24.8 Å². The van der Waals surface area contributed by atoms with Crippen LogP contribution in [0.15, 0.2) is 28.2 Å². The van der Waals surface area contributed by atoms with E-state index < -0.39 is 10.0 Å². The molecule has 2 aromatic rings. The van der Waals surface area contributed by atoms with E-state index in [0.717, 1.165) is 0 Å². The number of sulfonamides is 1. The minimum atomic E-state index is -3.77. The SMILES string of the molecule is Cc1n[nH]c(C)c1S(=O)(=O)N/N=C/c1ccc(Cl)c(Cl)c1. The standard InChI is InChI=1S/C12H12Cl2N4O2S/c1-7-12(8(2)17-16-7)21(19,20)18-15-6-9-3-4-10(13)11(14)5-9/h3-6,18H,1-2H3,(H,16,17)/b15-6+. The Kier molecular flexibility index (Phi) is 4.55. The number of nitrogens with zero attached hydrogens (tertiary/aromatic N) is 2. The molecule has 0 aliphatic carbocycles. The predicted octanol–water partition coefficient (Wildman–Crippen LogP) is 2.65. The third-order valence-electron chi connectivity index (χ3n) is 2.66. The van der Waals surface area contributed by atoms with Gasteiger partial charge in [0.15, 0.2) is 0 Å². The highest BCUT2D eigenvalue weighted by Crippen LogP contribution is 2.22. The first-order chi connectivity index (χ1) is 9.81. The van der Waals surface area contributed by atoms with Crippen LogP contribution in [-0.2, 0) is 10.0 Å². The normalized spacial score (nSPS) is 12.0. The second kappa shape index (κ2) is 6.05. The molecule has 0 saturated heterocycles. The van der Waals surface area contributed by atoms with Gasteiger partial charge in [-0.25, -0.2) is 0 Å². The van der Waals surface area contributed by atoms with Crippen molar-refractivity contribution in [2.24, 2.45) is 5.10 Å². The highest BCUT2D eigenvalue weighted by atomic mass is 35.5. The van der Waals surface area contributed by atoms with Crippen molar-refractivity contribution >= 4 is 39.4 Å². The number of halogens is 2. The van der Waals surface area contributed by atoms with E-state index in [2.05, 4.69) is 20.1 Å². The molecule has 0 unspecified atom stereocenters. The zero-order valence-corrected chi connectivity index (χ0v) is 13.5. The molecule has 9 heteroatoms. The molecule has 1 aromatic carbocycles. The summed E-state index contributed by atoms with van der Waals surface area (Å²) in [4.78, 5) is 2.22. The van der Waals surface area contributed by atoms with Crippen molar-refractivity contribution in [2.75, 3.05) is 0 Å². The fraction of sp³-hybridized carbons (Fsp3) is 0.167. The molecule has 0 aliphatic heterocycles. The number of aryl methyl sites for hydroxylation is 2. The largest absolute Gasteiger partial charge is 0.281 e. The van der Waals surface area contributed by atoms with Crippen LogP contribution in [0.1, 0.15) is 17.0 Å². The maximum Gasteiger partial charge on any atom is 0.280 e. The average Bonchev–Trinajstić information content (AvgIpc) is 2.74. The van der Waals surface area contributed by atoms with Crippen LogP contribution in [0.2, 0.25) is 10.0 Å². The molecule has 1 heterocycles. The van der Waals surface area contributed by atoms with Crippen LogP contribution >= 0.6 is 23.2 Å². The molecule has 0 atom stereocenters. The highest BCUT2D eigenvalue weighted by Gasteiger charge is 2.21. The van der Waals surface area contributed by atoms with Crippen LogP contribution in [0.3, 0.4) is 0 Å². The van der Waals surface area contributed by atoms with Gasteiger partial charge in [0.05, 0.1) is 27.6 Å². The molecule has 0 radical (unpaired) electrons. The lowest BCUT2D eigenvalue weighted by Gasteiger charge is -2.03. The summed E-state index contributed by atoms with van der Waals surface area (Å²) in [5.74, 6) is 0. The number of benzene rings is 1. The van der Waals surface area contributed by atoms with E-state index in [0.29, 0.717) is 27.0 Å². The lowest BCUT2D eigenvalue weighted by atomic mass is 10.2. The van der Waals surface area contributed by atoms with E-state index in [1.165, 1.54) is 6.21 Å². The van der Waals surface area contributed by atoms with Gasteiger partial charge in [-0.15, -0.1) is 0 Å². The summed E-state index contributed by atoms with van der Waals surface area (Å²) in [6.45, 7) is 3.22. The quantitative estimate of drug-likeness (QED) is 0.658. The van der Waals surface area contributed by atoms with Gasteiger partial charge in [0, 0.05) is 0 Å². The smallest absolute Gasteiger partial charge is 0.280 e. The van der Waals surface area contributed by atoms with Crippen molar-refractivity contribution in [3.8, 4) is 0 Å². The van der Waals surface area contributed by atoms with E-state index in [1.54, 1.807) is 32.0 Å². The third-order valence-corrected chi connectivity index (χ3v) is 4.88.